The van der Waals surface area contributed by atoms with Crippen LogP contribution in [0.1, 0.15) is 25.3 Å². The van der Waals surface area contributed by atoms with Crippen LogP contribution in [0, 0.1) is 5.92 Å². The summed E-state index contributed by atoms with van der Waals surface area (Å²) in [6, 6.07) is 7.73. The van der Waals surface area contributed by atoms with Crippen molar-refractivity contribution in [1.29, 1.82) is 0 Å². The number of amides is 1. The number of benzene rings is 1. The Morgan fingerprint density at radius 1 is 1.48 bits per heavy atom. The molecular formula is C16H22ClNO2S. The first-order valence-electron chi connectivity index (χ1n) is 7.28. The van der Waals surface area contributed by atoms with Crippen molar-refractivity contribution in [2.75, 3.05) is 18.1 Å². The quantitative estimate of drug-likeness (QED) is 0.844. The zero-order valence-corrected chi connectivity index (χ0v) is 13.8. The van der Waals surface area contributed by atoms with Crippen LogP contribution in [-0.4, -0.2) is 34.7 Å². The smallest absolute Gasteiger partial charge is 0.220 e. The van der Waals surface area contributed by atoms with Crippen molar-refractivity contribution >= 4 is 29.3 Å². The number of rotatable bonds is 6. The third-order valence-electron chi connectivity index (χ3n) is 3.73. The Hall–Kier alpha value is -0.710. The first kappa shape index (κ1) is 16.7. The van der Waals surface area contributed by atoms with Crippen molar-refractivity contribution in [2.24, 2.45) is 5.92 Å². The summed E-state index contributed by atoms with van der Waals surface area (Å²) in [6.45, 7) is 2.43. The summed E-state index contributed by atoms with van der Waals surface area (Å²) in [6.07, 6.45) is 2.09. The van der Waals surface area contributed by atoms with Gasteiger partial charge in [-0.3, -0.25) is 4.79 Å². The molecule has 0 saturated carbocycles. The summed E-state index contributed by atoms with van der Waals surface area (Å²) in [5, 5.41) is 13.8. The van der Waals surface area contributed by atoms with Gasteiger partial charge in [-0.15, -0.1) is 0 Å². The van der Waals surface area contributed by atoms with Gasteiger partial charge in [0.05, 0.1) is 5.60 Å². The molecule has 1 aliphatic heterocycles. The Bertz CT molecular complexity index is 472. The molecule has 0 aliphatic carbocycles. The van der Waals surface area contributed by atoms with Crippen molar-refractivity contribution in [3.63, 3.8) is 0 Å². The second kappa shape index (κ2) is 7.52. The molecule has 3 nitrogen and oxygen atoms in total. The maximum absolute atomic E-state index is 11.9. The van der Waals surface area contributed by atoms with Crippen LogP contribution in [0.4, 0.5) is 0 Å². The van der Waals surface area contributed by atoms with E-state index in [1.54, 1.807) is 11.8 Å². The molecule has 1 heterocycles. The van der Waals surface area contributed by atoms with Crippen molar-refractivity contribution in [2.45, 2.75) is 31.8 Å². The van der Waals surface area contributed by atoms with E-state index in [1.807, 2.05) is 24.3 Å². The van der Waals surface area contributed by atoms with E-state index in [-0.39, 0.29) is 11.8 Å². The fraction of sp³-hybridized carbons (Fsp3) is 0.562. The van der Waals surface area contributed by atoms with Gasteiger partial charge in [-0.25, -0.2) is 0 Å². The normalized spacial score (nSPS) is 23.0. The molecule has 2 rings (SSSR count). The molecule has 1 saturated heterocycles. The van der Waals surface area contributed by atoms with Crippen molar-refractivity contribution in [3.8, 4) is 0 Å². The minimum atomic E-state index is -0.709. The second-order valence-corrected chi connectivity index (χ2v) is 7.49. The third kappa shape index (κ3) is 5.53. The van der Waals surface area contributed by atoms with E-state index in [4.69, 9.17) is 11.6 Å². The highest BCUT2D eigenvalue weighted by atomic mass is 35.5. The number of aliphatic hydroxyl groups is 1. The Balaban J connectivity index is 1.72. The second-order valence-electron chi connectivity index (χ2n) is 5.94. The maximum Gasteiger partial charge on any atom is 0.220 e. The molecule has 0 aromatic heterocycles. The average molecular weight is 328 g/mol. The molecule has 21 heavy (non-hydrogen) atoms. The van der Waals surface area contributed by atoms with Gasteiger partial charge in [0.25, 0.3) is 0 Å². The van der Waals surface area contributed by atoms with Gasteiger partial charge in [-0.1, -0.05) is 30.7 Å². The summed E-state index contributed by atoms with van der Waals surface area (Å²) < 4.78 is 0. The van der Waals surface area contributed by atoms with Crippen LogP contribution in [0.5, 0.6) is 0 Å². The van der Waals surface area contributed by atoms with Crippen molar-refractivity contribution < 1.29 is 9.90 Å². The molecule has 2 unspecified atom stereocenters. The van der Waals surface area contributed by atoms with Crippen LogP contribution >= 0.6 is 23.4 Å². The lowest BCUT2D eigenvalue weighted by atomic mass is 9.97. The number of nitrogens with one attached hydrogen (secondary N) is 1. The van der Waals surface area contributed by atoms with E-state index in [1.165, 1.54) is 5.56 Å². The van der Waals surface area contributed by atoms with Gasteiger partial charge in [0.1, 0.15) is 0 Å². The molecule has 0 radical (unpaired) electrons. The zero-order valence-electron chi connectivity index (χ0n) is 12.3. The molecule has 2 atom stereocenters. The molecule has 116 valence electrons. The van der Waals surface area contributed by atoms with E-state index in [0.717, 1.165) is 23.6 Å². The fourth-order valence-corrected chi connectivity index (χ4v) is 3.90. The molecule has 0 bridgehead atoms. The van der Waals surface area contributed by atoms with E-state index in [9.17, 15) is 9.90 Å². The van der Waals surface area contributed by atoms with Crippen molar-refractivity contribution in [3.05, 3.63) is 34.9 Å². The van der Waals surface area contributed by atoms with E-state index >= 15 is 0 Å². The predicted octanol–water partition coefficient (Wildman–Crippen LogP) is 2.89. The maximum atomic E-state index is 11.9. The molecule has 1 amide bonds. The lowest BCUT2D eigenvalue weighted by Crippen LogP contribution is -2.43. The summed E-state index contributed by atoms with van der Waals surface area (Å²) in [4.78, 5) is 11.9. The highest BCUT2D eigenvalue weighted by Crippen LogP contribution is 2.27. The molecule has 0 spiro atoms. The number of halogens is 1. The molecule has 2 N–H and O–H groups in total. The van der Waals surface area contributed by atoms with E-state index < -0.39 is 5.60 Å². The van der Waals surface area contributed by atoms with Gasteiger partial charge in [0.15, 0.2) is 0 Å². The molecule has 5 heteroatoms. The standard InChI is InChI=1S/C16H22ClNO2S/c1-12(8-13-2-4-14(17)5-3-13)9-15(19)18-10-16(20)6-7-21-11-16/h2-5,12,20H,6-11H2,1H3,(H,18,19). The van der Waals surface area contributed by atoms with Gasteiger partial charge in [-0.05, 0) is 42.2 Å². The first-order valence-corrected chi connectivity index (χ1v) is 8.81. The van der Waals surface area contributed by atoms with Crippen LogP contribution < -0.4 is 5.32 Å². The Morgan fingerprint density at radius 2 is 2.19 bits per heavy atom. The largest absolute Gasteiger partial charge is 0.387 e. The molecule has 1 fully saturated rings. The zero-order chi connectivity index (χ0) is 15.3. The number of thioether (sulfide) groups is 1. The Kier molecular flexibility index (Phi) is 5.97. The number of hydrogen-bond acceptors (Lipinski definition) is 3. The van der Waals surface area contributed by atoms with Gasteiger partial charge in [0.2, 0.25) is 5.91 Å². The summed E-state index contributed by atoms with van der Waals surface area (Å²) in [7, 11) is 0. The van der Waals surface area contributed by atoms with Crippen LogP contribution in [0.15, 0.2) is 24.3 Å². The topological polar surface area (TPSA) is 49.3 Å². The average Bonchev–Trinajstić information content (AvgIpc) is 2.87. The number of carbonyl (C=O) groups is 1. The SMILES string of the molecule is CC(CC(=O)NCC1(O)CCSC1)Cc1ccc(Cl)cc1. The highest BCUT2D eigenvalue weighted by Gasteiger charge is 2.31. The number of carbonyl (C=O) groups excluding carboxylic acids is 1. The van der Waals surface area contributed by atoms with E-state index in [2.05, 4.69) is 12.2 Å². The Labute approximate surface area is 135 Å². The highest BCUT2D eigenvalue weighted by molar-refractivity contribution is 7.99. The van der Waals surface area contributed by atoms with Gasteiger partial charge in [0, 0.05) is 23.7 Å². The molecular weight excluding hydrogens is 306 g/mol. The minimum absolute atomic E-state index is 0.0155. The first-order chi connectivity index (χ1) is 9.97. The molecule has 1 aliphatic rings. The summed E-state index contributed by atoms with van der Waals surface area (Å²) in [5.74, 6) is 1.97. The lowest BCUT2D eigenvalue weighted by molar-refractivity contribution is -0.122. The van der Waals surface area contributed by atoms with Crippen molar-refractivity contribution in [1.82, 2.24) is 5.32 Å². The van der Waals surface area contributed by atoms with E-state index in [0.29, 0.717) is 18.7 Å². The van der Waals surface area contributed by atoms with Crippen LogP contribution in [0.2, 0.25) is 5.02 Å². The van der Waals surface area contributed by atoms with Crippen LogP contribution in [-0.2, 0) is 11.2 Å². The molecule has 1 aromatic rings. The van der Waals surface area contributed by atoms with Crippen LogP contribution in [0.25, 0.3) is 0 Å². The lowest BCUT2D eigenvalue weighted by Gasteiger charge is -2.22. The third-order valence-corrected chi connectivity index (χ3v) is 5.21. The minimum Gasteiger partial charge on any atom is -0.387 e. The van der Waals surface area contributed by atoms with Gasteiger partial charge in [-0.2, -0.15) is 11.8 Å². The van der Waals surface area contributed by atoms with Gasteiger partial charge < -0.3 is 10.4 Å². The summed E-state index contributed by atoms with van der Waals surface area (Å²) >= 11 is 7.60. The Morgan fingerprint density at radius 3 is 2.81 bits per heavy atom. The van der Waals surface area contributed by atoms with Gasteiger partial charge >= 0.3 is 0 Å². The number of hydrogen-bond donors (Lipinski definition) is 2. The monoisotopic (exact) mass is 327 g/mol. The predicted molar refractivity (Wildman–Crippen MR) is 88.8 cm³/mol. The van der Waals surface area contributed by atoms with Crippen LogP contribution in [0.3, 0.4) is 0 Å². The summed E-state index contributed by atoms with van der Waals surface area (Å²) in [5.41, 5.74) is 0.477. The fourth-order valence-electron chi connectivity index (χ4n) is 2.48. The molecule has 1 aromatic carbocycles.